The Hall–Kier alpha value is -2.76. The van der Waals surface area contributed by atoms with Gasteiger partial charge in [-0.25, -0.2) is 0 Å². The van der Waals surface area contributed by atoms with Crippen molar-refractivity contribution < 1.29 is 0 Å². The molecule has 1 fully saturated rings. The normalized spacial score (nSPS) is 13.9. The number of nitrogens with zero attached hydrogens (tertiary/aromatic N) is 2. The zero-order valence-electron chi connectivity index (χ0n) is 16.8. The summed E-state index contributed by atoms with van der Waals surface area (Å²) in [6.45, 7) is 4.14. The predicted octanol–water partition coefficient (Wildman–Crippen LogP) is 6.77. The molecule has 29 heavy (non-hydrogen) atoms. The lowest BCUT2D eigenvalue weighted by Gasteiger charge is -2.31. The molecule has 3 heteroatoms. The summed E-state index contributed by atoms with van der Waals surface area (Å²) in [4.78, 5) is 2.39. The fraction of sp³-hybridized carbons (Fsp3) is 0.269. The first-order chi connectivity index (χ1) is 14.2. The highest BCUT2D eigenvalue weighted by atomic mass is 35.5. The second-order valence-corrected chi connectivity index (χ2v) is 8.19. The van der Waals surface area contributed by atoms with E-state index >= 15 is 0 Å². The van der Waals surface area contributed by atoms with Crippen molar-refractivity contribution in [1.29, 1.82) is 5.26 Å². The Bertz CT molecular complexity index is 1030. The van der Waals surface area contributed by atoms with Crippen LogP contribution in [0.3, 0.4) is 0 Å². The second-order valence-electron chi connectivity index (χ2n) is 7.75. The first-order valence-corrected chi connectivity index (χ1v) is 10.7. The van der Waals surface area contributed by atoms with Gasteiger partial charge in [0.1, 0.15) is 6.07 Å². The van der Waals surface area contributed by atoms with Crippen molar-refractivity contribution in [2.24, 2.45) is 0 Å². The van der Waals surface area contributed by atoms with Gasteiger partial charge < -0.3 is 4.90 Å². The quantitative estimate of drug-likeness (QED) is 0.483. The summed E-state index contributed by atoms with van der Waals surface area (Å²) in [5, 5.41) is 10.8. The molecule has 4 rings (SSSR count). The average molecular weight is 401 g/mol. The van der Waals surface area contributed by atoms with E-state index in [1.54, 1.807) is 0 Å². The number of rotatable bonds is 4. The van der Waals surface area contributed by atoms with Crippen LogP contribution in [0, 0.1) is 18.3 Å². The maximum absolute atomic E-state index is 10.0. The standard InChI is InChI=1S/C26H25ClN2/c1-19-23(16-20-8-4-2-5-9-20)24(21-10-12-22(27)13-11-21)17-26(25(19)18-28)29-14-6-3-7-15-29/h2,4-5,8-13,17H,3,6-7,14-16H2,1H3. The predicted molar refractivity (Wildman–Crippen MR) is 122 cm³/mol. The minimum atomic E-state index is 0.736. The molecule has 0 aromatic heterocycles. The van der Waals surface area contributed by atoms with Gasteiger partial charge in [-0.1, -0.05) is 54.1 Å². The van der Waals surface area contributed by atoms with Crippen molar-refractivity contribution in [3.05, 3.63) is 87.9 Å². The molecule has 1 saturated heterocycles. The summed E-state index contributed by atoms with van der Waals surface area (Å²) in [6.07, 6.45) is 4.45. The van der Waals surface area contributed by atoms with Crippen molar-refractivity contribution in [3.8, 4) is 17.2 Å². The van der Waals surface area contributed by atoms with E-state index in [1.165, 1.54) is 36.0 Å². The molecule has 1 aliphatic heterocycles. The number of benzene rings is 3. The van der Waals surface area contributed by atoms with Crippen LogP contribution in [0.5, 0.6) is 0 Å². The number of anilines is 1. The lowest BCUT2D eigenvalue weighted by Crippen LogP contribution is -2.30. The number of piperidine rings is 1. The number of hydrogen-bond donors (Lipinski definition) is 0. The summed E-state index contributed by atoms with van der Waals surface area (Å²) >= 11 is 6.15. The Morgan fingerprint density at radius 3 is 2.31 bits per heavy atom. The van der Waals surface area contributed by atoms with Crippen molar-refractivity contribution in [1.82, 2.24) is 0 Å². The van der Waals surface area contributed by atoms with Gasteiger partial charge in [-0.15, -0.1) is 0 Å². The highest BCUT2D eigenvalue weighted by molar-refractivity contribution is 6.30. The molecular weight excluding hydrogens is 376 g/mol. The van der Waals surface area contributed by atoms with Crippen LogP contribution in [0.4, 0.5) is 5.69 Å². The smallest absolute Gasteiger partial charge is 0.102 e. The zero-order chi connectivity index (χ0) is 20.2. The van der Waals surface area contributed by atoms with Crippen LogP contribution < -0.4 is 4.90 Å². The molecule has 0 bridgehead atoms. The van der Waals surface area contributed by atoms with Gasteiger partial charge in [-0.05, 0) is 78.6 Å². The third-order valence-electron chi connectivity index (χ3n) is 5.88. The maximum Gasteiger partial charge on any atom is 0.102 e. The van der Waals surface area contributed by atoms with E-state index in [0.717, 1.165) is 46.9 Å². The lowest BCUT2D eigenvalue weighted by atomic mass is 9.87. The first-order valence-electron chi connectivity index (χ1n) is 10.3. The number of halogens is 1. The fourth-order valence-corrected chi connectivity index (χ4v) is 4.41. The summed E-state index contributed by atoms with van der Waals surface area (Å²) < 4.78 is 0. The van der Waals surface area contributed by atoms with Gasteiger partial charge >= 0.3 is 0 Å². The lowest BCUT2D eigenvalue weighted by molar-refractivity contribution is 0.577. The molecule has 0 saturated carbocycles. The average Bonchev–Trinajstić information content (AvgIpc) is 2.77. The molecule has 3 aromatic rings. The molecule has 0 unspecified atom stereocenters. The second kappa shape index (κ2) is 8.72. The van der Waals surface area contributed by atoms with E-state index in [0.29, 0.717) is 0 Å². The molecule has 1 heterocycles. The van der Waals surface area contributed by atoms with E-state index in [-0.39, 0.29) is 0 Å². The maximum atomic E-state index is 10.0. The summed E-state index contributed by atoms with van der Waals surface area (Å²) in [5.74, 6) is 0. The van der Waals surface area contributed by atoms with E-state index in [1.807, 2.05) is 18.2 Å². The zero-order valence-corrected chi connectivity index (χ0v) is 17.5. The van der Waals surface area contributed by atoms with Crippen LogP contribution in [0.2, 0.25) is 5.02 Å². The van der Waals surface area contributed by atoms with Crippen LogP contribution in [0.1, 0.15) is 41.5 Å². The summed E-state index contributed by atoms with van der Waals surface area (Å²) in [7, 11) is 0. The Kier molecular flexibility index (Phi) is 5.88. The molecule has 0 spiro atoms. The van der Waals surface area contributed by atoms with Gasteiger partial charge in [-0.2, -0.15) is 5.26 Å². The topological polar surface area (TPSA) is 27.0 Å². The van der Waals surface area contributed by atoms with Crippen LogP contribution in [0.25, 0.3) is 11.1 Å². The summed E-state index contributed by atoms with van der Waals surface area (Å²) in [5.41, 5.74) is 7.79. The van der Waals surface area contributed by atoms with E-state index in [2.05, 4.69) is 60.4 Å². The van der Waals surface area contributed by atoms with Crippen LogP contribution in [0.15, 0.2) is 60.7 Å². The molecule has 0 atom stereocenters. The molecule has 2 nitrogen and oxygen atoms in total. The van der Waals surface area contributed by atoms with Crippen molar-refractivity contribution in [3.63, 3.8) is 0 Å². The van der Waals surface area contributed by atoms with Gasteiger partial charge in [0.05, 0.1) is 11.3 Å². The molecule has 1 aliphatic rings. The van der Waals surface area contributed by atoms with Crippen molar-refractivity contribution in [2.75, 3.05) is 18.0 Å². The molecule has 3 aromatic carbocycles. The molecule has 0 radical (unpaired) electrons. The Labute approximate surface area is 178 Å². The SMILES string of the molecule is Cc1c(C#N)c(N2CCCCC2)cc(-c2ccc(Cl)cc2)c1Cc1ccccc1. The highest BCUT2D eigenvalue weighted by Gasteiger charge is 2.21. The monoisotopic (exact) mass is 400 g/mol. The molecule has 0 aliphatic carbocycles. The van der Waals surface area contributed by atoms with Crippen LogP contribution in [-0.4, -0.2) is 13.1 Å². The third-order valence-corrected chi connectivity index (χ3v) is 6.13. The van der Waals surface area contributed by atoms with Crippen molar-refractivity contribution >= 4 is 17.3 Å². The van der Waals surface area contributed by atoms with E-state index in [9.17, 15) is 5.26 Å². The van der Waals surface area contributed by atoms with E-state index < -0.39 is 0 Å². The Morgan fingerprint density at radius 1 is 0.966 bits per heavy atom. The first kappa shape index (κ1) is 19.6. The highest BCUT2D eigenvalue weighted by Crippen LogP contribution is 2.37. The minimum Gasteiger partial charge on any atom is -0.370 e. The van der Waals surface area contributed by atoms with Gasteiger partial charge in [0, 0.05) is 18.1 Å². The van der Waals surface area contributed by atoms with Gasteiger partial charge in [0.25, 0.3) is 0 Å². The number of nitriles is 1. The molecule has 0 N–H and O–H groups in total. The summed E-state index contributed by atoms with van der Waals surface area (Å²) in [6, 6.07) is 23.3. The fourth-order valence-electron chi connectivity index (χ4n) is 4.28. The van der Waals surface area contributed by atoms with E-state index in [4.69, 9.17) is 11.6 Å². The van der Waals surface area contributed by atoms with Gasteiger partial charge in [0.2, 0.25) is 0 Å². The molecule has 0 amide bonds. The Morgan fingerprint density at radius 2 is 1.66 bits per heavy atom. The number of hydrogen-bond acceptors (Lipinski definition) is 2. The Balaban J connectivity index is 1.90. The van der Waals surface area contributed by atoms with Crippen molar-refractivity contribution in [2.45, 2.75) is 32.6 Å². The van der Waals surface area contributed by atoms with Gasteiger partial charge in [0.15, 0.2) is 0 Å². The minimum absolute atomic E-state index is 0.736. The van der Waals surface area contributed by atoms with Gasteiger partial charge in [-0.3, -0.25) is 0 Å². The largest absolute Gasteiger partial charge is 0.370 e. The van der Waals surface area contributed by atoms with Crippen LogP contribution in [-0.2, 0) is 6.42 Å². The molecule has 146 valence electrons. The third kappa shape index (κ3) is 4.16. The van der Waals surface area contributed by atoms with Crippen LogP contribution >= 0.6 is 11.6 Å². The molecular formula is C26H25ClN2.